The minimum Gasteiger partial charge on any atom is -0.0654 e. The van der Waals surface area contributed by atoms with Crippen molar-refractivity contribution in [2.24, 2.45) is 11.8 Å². The Morgan fingerprint density at radius 1 is 0.542 bits per heavy atom. The molecular formula is C24H49. The van der Waals surface area contributed by atoms with Gasteiger partial charge in [-0.25, -0.2) is 0 Å². The molecule has 0 saturated carbocycles. The zero-order valence-corrected chi connectivity index (χ0v) is 18.0. The van der Waals surface area contributed by atoms with Crippen LogP contribution in [0.5, 0.6) is 0 Å². The first-order valence-electron chi connectivity index (χ1n) is 11.4. The van der Waals surface area contributed by atoms with E-state index in [9.17, 15) is 0 Å². The van der Waals surface area contributed by atoms with Crippen molar-refractivity contribution in [1.29, 1.82) is 0 Å². The van der Waals surface area contributed by atoms with Crippen LogP contribution in [0.2, 0.25) is 0 Å². The van der Waals surface area contributed by atoms with Gasteiger partial charge in [0.05, 0.1) is 0 Å². The fourth-order valence-electron chi connectivity index (χ4n) is 3.72. The molecule has 0 aromatic rings. The van der Waals surface area contributed by atoms with Gasteiger partial charge in [0, 0.05) is 0 Å². The van der Waals surface area contributed by atoms with Crippen LogP contribution in [-0.4, -0.2) is 0 Å². The van der Waals surface area contributed by atoms with Crippen molar-refractivity contribution < 1.29 is 0 Å². The van der Waals surface area contributed by atoms with Crippen LogP contribution < -0.4 is 0 Å². The lowest BCUT2D eigenvalue weighted by Crippen LogP contribution is -2.07. The third-order valence-electron chi connectivity index (χ3n) is 5.56. The average Bonchev–Trinajstić information content (AvgIpc) is 2.53. The first kappa shape index (κ1) is 24.0. The van der Waals surface area contributed by atoms with Gasteiger partial charge in [0.2, 0.25) is 0 Å². The third kappa shape index (κ3) is 16.8. The van der Waals surface area contributed by atoms with Gasteiger partial charge in [-0.3, -0.25) is 0 Å². The van der Waals surface area contributed by atoms with Gasteiger partial charge in [0.15, 0.2) is 0 Å². The van der Waals surface area contributed by atoms with E-state index in [2.05, 4.69) is 34.6 Å². The summed E-state index contributed by atoms with van der Waals surface area (Å²) in [6.07, 6.45) is 23.2. The monoisotopic (exact) mass is 337 g/mol. The molecule has 1 radical (unpaired) electrons. The molecule has 0 aliphatic heterocycles. The molecule has 145 valence electrons. The minimum absolute atomic E-state index is 0.891. The Hall–Kier alpha value is 0. The molecule has 0 bridgehead atoms. The van der Waals surface area contributed by atoms with E-state index in [1.807, 2.05) is 0 Å². The number of hydrogen-bond acceptors (Lipinski definition) is 0. The molecule has 0 N–H and O–H groups in total. The number of rotatable bonds is 18. The van der Waals surface area contributed by atoms with E-state index in [-0.39, 0.29) is 0 Å². The van der Waals surface area contributed by atoms with E-state index in [1.165, 1.54) is 103 Å². The third-order valence-corrected chi connectivity index (χ3v) is 5.56. The molecule has 0 aliphatic carbocycles. The second kappa shape index (κ2) is 17.8. The number of unbranched alkanes of at least 4 members (excludes halogenated alkanes) is 11. The summed E-state index contributed by atoms with van der Waals surface area (Å²) in [5.41, 5.74) is 0. The molecule has 0 heterocycles. The van der Waals surface area contributed by atoms with Crippen LogP contribution in [0, 0.1) is 17.8 Å². The fraction of sp³-hybridized carbons (Fsp3) is 0.958. The molecule has 0 aliphatic rings. The predicted octanol–water partition coefficient (Wildman–Crippen LogP) is 9.13. The van der Waals surface area contributed by atoms with Gasteiger partial charge in [0.25, 0.3) is 0 Å². The second-order valence-electron chi connectivity index (χ2n) is 8.78. The van der Waals surface area contributed by atoms with Gasteiger partial charge in [-0.15, -0.1) is 0 Å². The molecule has 24 heavy (non-hydrogen) atoms. The van der Waals surface area contributed by atoms with E-state index >= 15 is 0 Å². The Labute approximate surface area is 155 Å². The van der Waals surface area contributed by atoms with Crippen molar-refractivity contribution >= 4 is 0 Å². The Balaban J connectivity index is 3.47. The maximum Gasteiger partial charge on any atom is -0.0272 e. The topological polar surface area (TPSA) is 0 Å². The molecule has 0 nitrogen and oxygen atoms in total. The van der Waals surface area contributed by atoms with E-state index in [0.29, 0.717) is 0 Å². The van der Waals surface area contributed by atoms with Crippen molar-refractivity contribution in [1.82, 2.24) is 0 Å². The van der Waals surface area contributed by atoms with Gasteiger partial charge in [0.1, 0.15) is 0 Å². The zero-order valence-electron chi connectivity index (χ0n) is 18.0. The van der Waals surface area contributed by atoms with Gasteiger partial charge in [-0.1, -0.05) is 125 Å². The molecule has 0 amide bonds. The van der Waals surface area contributed by atoms with Gasteiger partial charge < -0.3 is 0 Å². The van der Waals surface area contributed by atoms with Crippen molar-refractivity contribution in [2.45, 2.75) is 137 Å². The molecule has 0 heteroatoms. The van der Waals surface area contributed by atoms with Crippen molar-refractivity contribution in [2.75, 3.05) is 0 Å². The SMILES string of the molecule is CCCCCCCCC(CCCCCCCCCC(C)C)[C](C)C. The molecule has 0 spiro atoms. The first-order valence-corrected chi connectivity index (χ1v) is 11.4. The highest BCUT2D eigenvalue weighted by Crippen LogP contribution is 2.26. The lowest BCUT2D eigenvalue weighted by molar-refractivity contribution is 0.415. The summed E-state index contributed by atoms with van der Waals surface area (Å²) in [7, 11) is 0. The zero-order chi connectivity index (χ0) is 18.0. The Bertz CT molecular complexity index is 228. The Kier molecular flexibility index (Phi) is 17.8. The van der Waals surface area contributed by atoms with Crippen LogP contribution in [0.25, 0.3) is 0 Å². The van der Waals surface area contributed by atoms with E-state index < -0.39 is 0 Å². The highest BCUT2D eigenvalue weighted by atomic mass is 14.2. The molecular weight excluding hydrogens is 288 g/mol. The van der Waals surface area contributed by atoms with Crippen molar-refractivity contribution in [3.8, 4) is 0 Å². The molecule has 0 aromatic heterocycles. The summed E-state index contributed by atoms with van der Waals surface area (Å²) in [5, 5.41) is 0. The quantitative estimate of drug-likeness (QED) is 0.219. The maximum absolute atomic E-state index is 2.36. The summed E-state index contributed by atoms with van der Waals surface area (Å²) in [6, 6.07) is 0. The van der Waals surface area contributed by atoms with Crippen LogP contribution in [-0.2, 0) is 0 Å². The van der Waals surface area contributed by atoms with Crippen molar-refractivity contribution in [3.63, 3.8) is 0 Å². The van der Waals surface area contributed by atoms with Crippen LogP contribution in [0.3, 0.4) is 0 Å². The summed E-state index contributed by atoms with van der Waals surface area (Å²) in [4.78, 5) is 0. The van der Waals surface area contributed by atoms with E-state index in [1.54, 1.807) is 5.92 Å². The van der Waals surface area contributed by atoms with E-state index in [4.69, 9.17) is 0 Å². The number of hydrogen-bond donors (Lipinski definition) is 0. The lowest BCUT2D eigenvalue weighted by atomic mass is 9.85. The largest absolute Gasteiger partial charge is 0.0654 e. The normalized spacial score (nSPS) is 13.1. The first-order chi connectivity index (χ1) is 11.6. The van der Waals surface area contributed by atoms with E-state index in [0.717, 1.165) is 11.8 Å². The summed E-state index contributed by atoms with van der Waals surface area (Å²) < 4.78 is 0. The maximum atomic E-state index is 2.36. The Morgan fingerprint density at radius 2 is 0.917 bits per heavy atom. The molecule has 0 aromatic carbocycles. The molecule has 0 saturated heterocycles. The van der Waals surface area contributed by atoms with Gasteiger partial charge >= 0.3 is 0 Å². The predicted molar refractivity (Wildman–Crippen MR) is 112 cm³/mol. The molecule has 1 unspecified atom stereocenters. The average molecular weight is 338 g/mol. The summed E-state index contributed by atoms with van der Waals surface area (Å²) in [5.74, 6) is 3.47. The van der Waals surface area contributed by atoms with Crippen molar-refractivity contribution in [3.05, 3.63) is 5.92 Å². The van der Waals surface area contributed by atoms with Crippen LogP contribution >= 0.6 is 0 Å². The second-order valence-corrected chi connectivity index (χ2v) is 8.78. The van der Waals surface area contributed by atoms with Gasteiger partial charge in [-0.2, -0.15) is 0 Å². The molecule has 0 fully saturated rings. The highest BCUT2D eigenvalue weighted by Gasteiger charge is 2.12. The summed E-state index contributed by atoms with van der Waals surface area (Å²) in [6.45, 7) is 11.7. The van der Waals surface area contributed by atoms with Gasteiger partial charge in [-0.05, 0) is 30.6 Å². The van der Waals surface area contributed by atoms with Crippen LogP contribution in [0.15, 0.2) is 0 Å². The minimum atomic E-state index is 0.891. The molecule has 1 atom stereocenters. The smallest absolute Gasteiger partial charge is 0.0272 e. The molecule has 0 rings (SSSR count). The van der Waals surface area contributed by atoms with Crippen LogP contribution in [0.4, 0.5) is 0 Å². The fourth-order valence-corrected chi connectivity index (χ4v) is 3.72. The standard InChI is InChI=1S/C24H49/c1-6-7-8-9-14-17-20-24(23(4)5)21-18-15-12-10-11-13-16-19-22(2)3/h22,24H,6-21H2,1-5H3. The Morgan fingerprint density at radius 3 is 1.29 bits per heavy atom. The lowest BCUT2D eigenvalue weighted by Gasteiger charge is -2.20. The highest BCUT2D eigenvalue weighted by molar-refractivity contribution is 4.86. The summed E-state index contributed by atoms with van der Waals surface area (Å²) >= 11 is 0. The van der Waals surface area contributed by atoms with Crippen LogP contribution in [0.1, 0.15) is 137 Å².